The molecule has 2 rings (SSSR count). The lowest BCUT2D eigenvalue weighted by Gasteiger charge is -2.12. The zero-order chi connectivity index (χ0) is 16.1. The van der Waals surface area contributed by atoms with Gasteiger partial charge in [-0.05, 0) is 31.5 Å². The highest BCUT2D eigenvalue weighted by Crippen LogP contribution is 2.17. The lowest BCUT2D eigenvalue weighted by molar-refractivity contribution is 0.0947. The van der Waals surface area contributed by atoms with Gasteiger partial charge >= 0.3 is 0 Å². The summed E-state index contributed by atoms with van der Waals surface area (Å²) in [6, 6.07) is 5.13. The number of hydrogen-bond donors (Lipinski definition) is 1. The average Bonchev–Trinajstić information content (AvgIpc) is 2.52. The van der Waals surface area contributed by atoms with E-state index in [4.69, 9.17) is 16.3 Å². The summed E-state index contributed by atoms with van der Waals surface area (Å²) >= 11 is 5.97. The Morgan fingerprint density at radius 1 is 1.41 bits per heavy atom. The SMILES string of the molecule is CCn1cc(C(=O)NCCCOC)c(=O)c2cc(Cl)ccc21. The first kappa shape index (κ1) is 16.5. The number of rotatable bonds is 6. The molecule has 5 nitrogen and oxygen atoms in total. The van der Waals surface area contributed by atoms with Crippen LogP contribution in [0, 0.1) is 0 Å². The Bertz CT molecular complexity index is 740. The maximum Gasteiger partial charge on any atom is 0.256 e. The van der Waals surface area contributed by atoms with E-state index >= 15 is 0 Å². The summed E-state index contributed by atoms with van der Waals surface area (Å²) in [4.78, 5) is 24.7. The monoisotopic (exact) mass is 322 g/mol. The first-order valence-corrected chi connectivity index (χ1v) is 7.56. The van der Waals surface area contributed by atoms with Crippen molar-refractivity contribution in [1.82, 2.24) is 9.88 Å². The van der Waals surface area contributed by atoms with E-state index in [0.29, 0.717) is 36.5 Å². The molecule has 1 aromatic carbocycles. The topological polar surface area (TPSA) is 60.3 Å². The van der Waals surface area contributed by atoms with E-state index in [-0.39, 0.29) is 16.9 Å². The van der Waals surface area contributed by atoms with Gasteiger partial charge in [0.1, 0.15) is 5.56 Å². The minimum absolute atomic E-state index is 0.133. The van der Waals surface area contributed by atoms with E-state index < -0.39 is 0 Å². The van der Waals surface area contributed by atoms with Crippen LogP contribution >= 0.6 is 11.6 Å². The van der Waals surface area contributed by atoms with E-state index in [0.717, 1.165) is 5.52 Å². The van der Waals surface area contributed by atoms with Gasteiger partial charge in [0, 0.05) is 43.4 Å². The predicted molar refractivity (Wildman–Crippen MR) is 87.7 cm³/mol. The van der Waals surface area contributed by atoms with Crippen molar-refractivity contribution in [1.29, 1.82) is 0 Å². The van der Waals surface area contributed by atoms with Crippen molar-refractivity contribution in [3.8, 4) is 0 Å². The Balaban J connectivity index is 2.39. The molecular formula is C16H19ClN2O3. The molecule has 0 spiro atoms. The van der Waals surface area contributed by atoms with E-state index in [1.165, 1.54) is 0 Å². The molecule has 22 heavy (non-hydrogen) atoms. The average molecular weight is 323 g/mol. The summed E-state index contributed by atoms with van der Waals surface area (Å²) in [5.41, 5.74) is 0.605. The number of pyridine rings is 1. The van der Waals surface area contributed by atoms with E-state index in [1.807, 2.05) is 11.5 Å². The third-order valence-corrected chi connectivity index (χ3v) is 3.67. The third kappa shape index (κ3) is 3.48. The Morgan fingerprint density at radius 3 is 2.86 bits per heavy atom. The van der Waals surface area contributed by atoms with Gasteiger partial charge in [-0.15, -0.1) is 0 Å². The molecule has 1 N–H and O–H groups in total. The highest BCUT2D eigenvalue weighted by Gasteiger charge is 2.15. The second kappa shape index (κ2) is 7.42. The number of amides is 1. The Hall–Kier alpha value is -1.85. The van der Waals surface area contributed by atoms with E-state index in [9.17, 15) is 9.59 Å². The Kier molecular flexibility index (Phi) is 5.57. The number of aromatic nitrogens is 1. The summed E-state index contributed by atoms with van der Waals surface area (Å²) in [7, 11) is 1.61. The number of aryl methyl sites for hydroxylation is 1. The highest BCUT2D eigenvalue weighted by molar-refractivity contribution is 6.31. The van der Waals surface area contributed by atoms with Crippen molar-refractivity contribution in [2.45, 2.75) is 19.9 Å². The number of benzene rings is 1. The van der Waals surface area contributed by atoms with Gasteiger partial charge in [-0.1, -0.05) is 11.6 Å². The normalized spacial score (nSPS) is 10.9. The van der Waals surface area contributed by atoms with Crippen LogP contribution in [0.15, 0.2) is 29.2 Å². The number of methoxy groups -OCH3 is 1. The second-order valence-electron chi connectivity index (χ2n) is 4.92. The van der Waals surface area contributed by atoms with Crippen molar-refractivity contribution < 1.29 is 9.53 Å². The van der Waals surface area contributed by atoms with Crippen molar-refractivity contribution in [3.05, 3.63) is 45.2 Å². The molecule has 0 aliphatic rings. The van der Waals surface area contributed by atoms with Gasteiger partial charge in [0.25, 0.3) is 5.91 Å². The molecule has 2 aromatic rings. The quantitative estimate of drug-likeness (QED) is 0.831. The summed E-state index contributed by atoms with van der Waals surface area (Å²) in [5, 5.41) is 3.67. The maximum absolute atomic E-state index is 12.5. The molecule has 0 fully saturated rings. The number of nitrogens with zero attached hydrogens (tertiary/aromatic N) is 1. The summed E-state index contributed by atoms with van der Waals surface area (Å²) in [6.45, 7) is 3.64. The molecule has 0 bridgehead atoms. The van der Waals surface area contributed by atoms with Gasteiger partial charge in [-0.2, -0.15) is 0 Å². The summed E-state index contributed by atoms with van der Waals surface area (Å²) in [5.74, 6) is -0.370. The van der Waals surface area contributed by atoms with Crippen LogP contribution in [0.2, 0.25) is 5.02 Å². The fraction of sp³-hybridized carbons (Fsp3) is 0.375. The van der Waals surface area contributed by atoms with Gasteiger partial charge in [0.2, 0.25) is 5.43 Å². The number of ether oxygens (including phenoxy) is 1. The molecule has 1 aromatic heterocycles. The minimum atomic E-state index is -0.370. The molecule has 1 amide bonds. The minimum Gasteiger partial charge on any atom is -0.385 e. The van der Waals surface area contributed by atoms with Crippen molar-refractivity contribution >= 4 is 28.4 Å². The number of carbonyl (C=O) groups excluding carboxylic acids is 1. The van der Waals surface area contributed by atoms with Gasteiger partial charge in [-0.25, -0.2) is 0 Å². The number of halogens is 1. The van der Waals surface area contributed by atoms with Crippen LogP contribution in [-0.2, 0) is 11.3 Å². The maximum atomic E-state index is 12.5. The van der Waals surface area contributed by atoms with Crippen molar-refractivity contribution in [3.63, 3.8) is 0 Å². The zero-order valence-electron chi connectivity index (χ0n) is 12.7. The number of nitrogens with one attached hydrogen (secondary N) is 1. The molecule has 0 radical (unpaired) electrons. The molecule has 1 heterocycles. The first-order chi connectivity index (χ1) is 10.6. The molecule has 0 atom stereocenters. The van der Waals surface area contributed by atoms with Crippen LogP contribution in [0.5, 0.6) is 0 Å². The Morgan fingerprint density at radius 2 is 2.18 bits per heavy atom. The third-order valence-electron chi connectivity index (χ3n) is 3.44. The van der Waals surface area contributed by atoms with Crippen LogP contribution in [-0.4, -0.2) is 30.7 Å². The number of fused-ring (bicyclic) bond motifs is 1. The zero-order valence-corrected chi connectivity index (χ0v) is 13.4. The first-order valence-electron chi connectivity index (χ1n) is 7.18. The van der Waals surface area contributed by atoms with Crippen LogP contribution in [0.25, 0.3) is 10.9 Å². The van der Waals surface area contributed by atoms with Gasteiger partial charge in [-0.3, -0.25) is 9.59 Å². The summed E-state index contributed by atoms with van der Waals surface area (Å²) in [6.07, 6.45) is 2.30. The molecule has 0 saturated heterocycles. The fourth-order valence-electron chi connectivity index (χ4n) is 2.31. The van der Waals surface area contributed by atoms with E-state index in [2.05, 4.69) is 5.32 Å². The molecule has 0 saturated carbocycles. The smallest absolute Gasteiger partial charge is 0.256 e. The lowest BCUT2D eigenvalue weighted by atomic mass is 10.1. The standard InChI is InChI=1S/C16H19ClN2O3/c1-3-19-10-13(16(21)18-7-4-8-22-2)15(20)12-9-11(17)5-6-14(12)19/h5-6,9-10H,3-4,7-8H2,1-2H3,(H,18,21). The predicted octanol–water partition coefficient (Wildman–Crippen LogP) is 2.44. The second-order valence-corrected chi connectivity index (χ2v) is 5.36. The van der Waals surface area contributed by atoms with E-state index in [1.54, 1.807) is 31.5 Å². The van der Waals surface area contributed by atoms with Gasteiger partial charge in [0.05, 0.1) is 5.52 Å². The Labute approximate surface area is 133 Å². The molecule has 6 heteroatoms. The molecule has 0 aliphatic carbocycles. The van der Waals surface area contributed by atoms with Crippen LogP contribution in [0.4, 0.5) is 0 Å². The molecule has 0 unspecified atom stereocenters. The summed E-state index contributed by atoms with van der Waals surface area (Å²) < 4.78 is 6.80. The number of hydrogen-bond acceptors (Lipinski definition) is 3. The molecule has 118 valence electrons. The van der Waals surface area contributed by atoms with Crippen LogP contribution < -0.4 is 10.7 Å². The molecular weight excluding hydrogens is 304 g/mol. The highest BCUT2D eigenvalue weighted by atomic mass is 35.5. The molecule has 0 aliphatic heterocycles. The largest absolute Gasteiger partial charge is 0.385 e. The lowest BCUT2D eigenvalue weighted by Crippen LogP contribution is -2.31. The van der Waals surface area contributed by atoms with Gasteiger partial charge < -0.3 is 14.6 Å². The van der Waals surface area contributed by atoms with Crippen molar-refractivity contribution in [2.75, 3.05) is 20.3 Å². The van der Waals surface area contributed by atoms with Crippen LogP contribution in [0.3, 0.4) is 0 Å². The number of carbonyl (C=O) groups is 1. The van der Waals surface area contributed by atoms with Crippen LogP contribution in [0.1, 0.15) is 23.7 Å². The fourth-order valence-corrected chi connectivity index (χ4v) is 2.48. The van der Waals surface area contributed by atoms with Crippen molar-refractivity contribution in [2.24, 2.45) is 0 Å². The van der Waals surface area contributed by atoms with Gasteiger partial charge in [0.15, 0.2) is 0 Å².